The van der Waals surface area contributed by atoms with Crippen molar-refractivity contribution >= 4 is 39.3 Å². The number of sulfone groups is 1. The minimum atomic E-state index is -2.81. The van der Waals surface area contributed by atoms with Crippen LogP contribution in [0.1, 0.15) is 463 Å². The molecule has 0 aromatic carbocycles. The van der Waals surface area contributed by atoms with E-state index in [1.165, 1.54) is 31.6 Å². The van der Waals surface area contributed by atoms with Crippen molar-refractivity contribution in [1.29, 1.82) is 0 Å². The average Bonchev–Trinajstić information content (AvgIpc) is 1.64. The molecule has 1 atom stereocenters. The minimum absolute atomic E-state index is 0. The van der Waals surface area contributed by atoms with Crippen LogP contribution in [0.3, 0.4) is 0 Å². The molecule has 1 rings (SSSR count). The molecule has 1 aliphatic carbocycles. The van der Waals surface area contributed by atoms with Crippen LogP contribution in [0.5, 0.6) is 0 Å². The van der Waals surface area contributed by atoms with Crippen LogP contribution in [-0.2, 0) is 43.1 Å². The molecule has 0 aliphatic heterocycles. The summed E-state index contributed by atoms with van der Waals surface area (Å²) in [6.45, 7) is 138. The number of hydrogen-bond donors (Lipinski definition) is 3. The predicted octanol–water partition coefficient (Wildman–Crippen LogP) is 31.6. The lowest BCUT2D eigenvalue weighted by atomic mass is 9.94. The molecular weight excluding hydrogens is 1610 g/mol. The molecule has 0 saturated heterocycles. The molecule has 0 bridgehead atoms. The van der Waals surface area contributed by atoms with E-state index in [0.717, 1.165) is 65.1 Å². The fraction of sp³-hybridized carbons (Fsp3) is 0.991. The van der Waals surface area contributed by atoms with Gasteiger partial charge in [0.05, 0.1) is 70.5 Å². The molecule has 1 aliphatic rings. The Morgan fingerprint density at radius 1 is 0.408 bits per heavy atom. The Hall–Kier alpha value is -0.280. The van der Waals surface area contributed by atoms with Crippen molar-refractivity contribution in [2.75, 3.05) is 46.2 Å². The Morgan fingerprint density at radius 3 is 0.824 bits per heavy atom. The van der Waals surface area contributed by atoms with Gasteiger partial charge in [0.25, 0.3) is 0 Å². The van der Waals surface area contributed by atoms with Gasteiger partial charge in [0.15, 0.2) is 9.84 Å². The molecule has 1 amide bonds. The monoisotopic (exact) mass is 1860 g/mol. The first-order valence-corrected chi connectivity index (χ1v) is 53.7. The Balaban J connectivity index is -0.0000000798. The van der Waals surface area contributed by atoms with Crippen molar-refractivity contribution in [3.8, 4) is 0 Å². The maximum absolute atomic E-state index is 11.0. The summed E-state index contributed by atoms with van der Waals surface area (Å²) >= 11 is 4.05. The minimum Gasteiger partial charge on any atom is -0.379 e. The average molecular weight is 1860 g/mol. The first kappa shape index (κ1) is 159. The molecule has 0 spiro atoms. The van der Waals surface area contributed by atoms with E-state index in [4.69, 9.17) is 28.4 Å². The van der Waals surface area contributed by atoms with E-state index < -0.39 is 9.84 Å². The van der Waals surface area contributed by atoms with E-state index in [-0.39, 0.29) is 47.0 Å². The van der Waals surface area contributed by atoms with E-state index in [0.29, 0.717) is 115 Å². The van der Waals surface area contributed by atoms with E-state index in [1.807, 2.05) is 78.9 Å². The van der Waals surface area contributed by atoms with Crippen LogP contribution in [0.2, 0.25) is 0 Å². The van der Waals surface area contributed by atoms with Crippen molar-refractivity contribution in [3.63, 3.8) is 0 Å². The van der Waals surface area contributed by atoms with Gasteiger partial charge in [0.2, 0.25) is 5.91 Å². The van der Waals surface area contributed by atoms with Crippen molar-refractivity contribution in [2.45, 2.75) is 591 Å². The lowest BCUT2D eigenvalue weighted by molar-refractivity contribution is -0.124. The molecule has 0 aromatic rings. The highest BCUT2D eigenvalue weighted by atomic mass is 32.2. The lowest BCUT2D eigenvalue weighted by Crippen LogP contribution is -2.33. The number of nitrogens with one attached hydrogen (secondary N) is 3. The van der Waals surface area contributed by atoms with Gasteiger partial charge in [0.1, 0.15) is 0 Å². The number of hydrogen-bond acceptors (Lipinski definition) is 15. The molecule has 0 aromatic heterocycles. The summed E-state index contributed by atoms with van der Waals surface area (Å²) in [5.74, 6) is 8.93. The van der Waals surface area contributed by atoms with Crippen LogP contribution in [-0.4, -0.2) is 199 Å². The van der Waals surface area contributed by atoms with Gasteiger partial charge < -0.3 is 54.2 Å². The standard InChI is InChI=1S/C9H18O.C9H20O.C8H19N.C8H18O.C7H15NO.2C7H17N.2C7H16O.C7H16S.C7H16.C6H15N.C6H14O2S.C6H14O.C6H14S.CH4/c1-7(2)9(5-6-9)10-8(3)4;1-7(2)9(5,6)10-8(3)4;1-7(2)6-9(5)8(3)4;1-6(2)8(5)9-7(3)4;1-5(2)7(9)8-6(3)4;1-6(2)8(5)7(3)4;4*1-6(2)5-8-7(3)4;1-6(2)5-7(3)4;1-5(2)7-6(3)4;1-5(2)9(7,8)6(3)4;2*1-5(2)7-6(3)4;/h7-8H,5-6H2,1-4H3;7-8H,1-6H3;7-8H,6H2,1-5H3;6-8H,1-5H3;5-6H,1-4H3,(H,8,9);6-7H,1-5H3;6-8H,5H2,1-4H3;3*6-7H,5H2,1-4H3;6-7H,5H2,1-4H3;5-7H,1-4H3;5-6H,1-4H3;2*5-6H,1-4H3;1H4. The van der Waals surface area contributed by atoms with Crippen LogP contribution in [0.15, 0.2) is 0 Å². The first-order chi connectivity index (χ1) is 55.5. The normalized spacial score (nSPS) is 12.6. The molecule has 0 radical (unpaired) electrons. The van der Waals surface area contributed by atoms with Crippen molar-refractivity contribution < 1.29 is 41.6 Å². The first-order valence-electron chi connectivity index (χ1n) is 50.1. The zero-order valence-electron chi connectivity index (χ0n) is 97.3. The Labute approximate surface area is 804 Å². The van der Waals surface area contributed by atoms with Crippen LogP contribution in [0.25, 0.3) is 0 Å². The lowest BCUT2D eigenvalue weighted by Gasteiger charge is -2.31. The van der Waals surface area contributed by atoms with Gasteiger partial charge in [-0.05, 0) is 321 Å². The number of ether oxygens (including phenoxy) is 6. The summed E-state index contributed by atoms with van der Waals surface area (Å²) in [5.41, 5.74) is 0.294. The fourth-order valence-corrected chi connectivity index (χ4v) is 12.4. The van der Waals surface area contributed by atoms with Gasteiger partial charge >= 0.3 is 0 Å². The molecule has 1 saturated carbocycles. The topological polar surface area (TPSA) is 149 Å². The summed E-state index contributed by atoms with van der Waals surface area (Å²) < 4.78 is 54.9. The summed E-state index contributed by atoms with van der Waals surface area (Å²) in [5, 5.41) is 11.4. The molecule has 1 unspecified atom stereocenters. The Bertz CT molecular complexity index is 1950. The highest BCUT2D eigenvalue weighted by Crippen LogP contribution is 2.46. The summed E-state index contributed by atoms with van der Waals surface area (Å²) in [7, 11) is 1.50. The zero-order valence-corrected chi connectivity index (χ0v) is 99.8. The molecule has 14 nitrogen and oxygen atoms in total. The van der Waals surface area contributed by atoms with E-state index in [1.54, 1.807) is 27.7 Å². The van der Waals surface area contributed by atoms with Gasteiger partial charge in [0, 0.05) is 68.0 Å². The molecular formula is C108H249N5O9S3. The molecule has 17 heteroatoms. The number of amides is 1. The molecule has 3 N–H and O–H groups in total. The van der Waals surface area contributed by atoms with Gasteiger partial charge in [-0.15, -0.1) is 0 Å². The van der Waals surface area contributed by atoms with Crippen LogP contribution in [0.4, 0.5) is 0 Å². The highest BCUT2D eigenvalue weighted by Gasteiger charge is 2.47. The number of carbonyl (C=O) groups is 1. The third-order valence-electron chi connectivity index (χ3n) is 17.0. The Morgan fingerprint density at radius 2 is 0.760 bits per heavy atom. The Kier molecular flexibility index (Phi) is 123. The van der Waals surface area contributed by atoms with Gasteiger partial charge in [-0.25, -0.2) is 8.42 Å². The van der Waals surface area contributed by atoms with Gasteiger partial charge in [-0.1, -0.05) is 243 Å². The van der Waals surface area contributed by atoms with E-state index in [9.17, 15) is 13.2 Å². The van der Waals surface area contributed by atoms with Crippen LogP contribution < -0.4 is 16.0 Å². The maximum atomic E-state index is 11.0. The predicted molar refractivity (Wildman–Crippen MR) is 583 cm³/mol. The highest BCUT2D eigenvalue weighted by molar-refractivity contribution is 8.00. The SMILES string of the molecule is C.CC(C)CC(C)C.CC(C)CN(C)C(C)C.CC(C)CNC(C)C.CC(C)COC(C)C.CC(C)COC(C)C.CC(C)CSC(C)C.CC(C)N(C)C(C)C.CC(C)NC(=O)C(C)C.CC(C)NC(C)C.CC(C)OC(C)(C)C(C)C.CC(C)OC(C)C.CC(C)OC(C)C(C)C.CC(C)OC1(C(C)C)CC1.CC(C)S(=O)(=O)C(C)C.CC(C)SC(C)C. The zero-order chi connectivity index (χ0) is 103. The second-order valence-corrected chi connectivity index (χ2v) is 50.8. The molecule has 1 fully saturated rings. The molecule has 778 valence electrons. The third-order valence-corrected chi connectivity index (χ3v) is 22.2. The van der Waals surface area contributed by atoms with Gasteiger partial charge in [-0.2, -0.15) is 23.5 Å². The number of rotatable bonds is 38. The molecule has 0 heterocycles. The third kappa shape index (κ3) is 161. The van der Waals surface area contributed by atoms with E-state index >= 15 is 0 Å². The maximum Gasteiger partial charge on any atom is 0.222 e. The quantitative estimate of drug-likeness (QED) is 0.0538. The van der Waals surface area contributed by atoms with Crippen LogP contribution in [0, 0.1) is 65.1 Å². The molecule has 125 heavy (non-hydrogen) atoms. The smallest absolute Gasteiger partial charge is 0.222 e. The van der Waals surface area contributed by atoms with E-state index in [2.05, 4.69) is 393 Å². The van der Waals surface area contributed by atoms with Crippen molar-refractivity contribution in [1.82, 2.24) is 25.8 Å². The summed E-state index contributed by atoms with van der Waals surface area (Å²) in [6.07, 6.45) is 6.90. The second kappa shape index (κ2) is 96.8. The largest absolute Gasteiger partial charge is 0.379 e. The number of thioether (sulfide) groups is 2. The van der Waals surface area contributed by atoms with Crippen molar-refractivity contribution in [3.05, 3.63) is 0 Å². The fourth-order valence-electron chi connectivity index (χ4n) is 9.46. The number of carbonyl (C=O) groups excluding carboxylic acids is 1. The van der Waals surface area contributed by atoms with Crippen LogP contribution >= 0.6 is 23.5 Å². The van der Waals surface area contributed by atoms with Gasteiger partial charge in [-0.3, -0.25) is 4.79 Å². The second-order valence-electron chi connectivity index (χ2n) is 44.0. The van der Waals surface area contributed by atoms with Crippen molar-refractivity contribution in [2.24, 2.45) is 65.1 Å². The summed E-state index contributed by atoms with van der Waals surface area (Å²) in [6, 6.07) is 4.19. The summed E-state index contributed by atoms with van der Waals surface area (Å²) in [4.78, 5) is 15.5. The number of nitrogens with zero attached hydrogens (tertiary/aromatic N) is 2.